The Morgan fingerprint density at radius 2 is 2.17 bits per heavy atom. The SMILES string of the molecule is C=C1CN(C(=O)Nc2ccc(OC)cc2)C(=S)S1. The van der Waals surface area contributed by atoms with Crippen LogP contribution in [0.15, 0.2) is 35.7 Å². The van der Waals surface area contributed by atoms with Crippen LogP contribution in [0, 0.1) is 0 Å². The Morgan fingerprint density at radius 3 is 2.67 bits per heavy atom. The molecule has 0 bridgehead atoms. The molecule has 0 aliphatic carbocycles. The van der Waals surface area contributed by atoms with Crippen LogP contribution in [0.3, 0.4) is 0 Å². The lowest BCUT2D eigenvalue weighted by Crippen LogP contribution is -2.34. The largest absolute Gasteiger partial charge is 0.497 e. The van der Waals surface area contributed by atoms with Crippen molar-refractivity contribution < 1.29 is 9.53 Å². The number of urea groups is 1. The third kappa shape index (κ3) is 2.83. The van der Waals surface area contributed by atoms with Crippen LogP contribution in [0.1, 0.15) is 0 Å². The normalized spacial score (nSPS) is 14.8. The molecule has 1 aromatic rings. The summed E-state index contributed by atoms with van der Waals surface area (Å²) in [5, 5.41) is 2.78. The molecule has 1 N–H and O–H groups in total. The maximum absolute atomic E-state index is 12.0. The predicted molar refractivity (Wildman–Crippen MR) is 78.0 cm³/mol. The first-order valence-electron chi connectivity index (χ1n) is 5.22. The molecule has 2 amide bonds. The Bertz CT molecular complexity index is 499. The zero-order valence-corrected chi connectivity index (χ0v) is 11.4. The van der Waals surface area contributed by atoms with Crippen LogP contribution in [-0.2, 0) is 0 Å². The first kappa shape index (κ1) is 12.9. The molecule has 4 nitrogen and oxygen atoms in total. The second kappa shape index (κ2) is 5.41. The topological polar surface area (TPSA) is 41.6 Å². The van der Waals surface area contributed by atoms with Crippen LogP contribution < -0.4 is 10.1 Å². The van der Waals surface area contributed by atoms with Gasteiger partial charge in [0.1, 0.15) is 10.1 Å². The van der Waals surface area contributed by atoms with Crippen molar-refractivity contribution in [2.24, 2.45) is 0 Å². The van der Waals surface area contributed by atoms with Gasteiger partial charge in [-0.25, -0.2) is 4.79 Å². The van der Waals surface area contributed by atoms with E-state index in [4.69, 9.17) is 17.0 Å². The summed E-state index contributed by atoms with van der Waals surface area (Å²) in [5.41, 5.74) is 0.700. The van der Waals surface area contributed by atoms with Gasteiger partial charge in [-0.3, -0.25) is 4.90 Å². The fourth-order valence-corrected chi connectivity index (χ4v) is 2.67. The van der Waals surface area contributed by atoms with Crippen molar-refractivity contribution >= 4 is 40.0 Å². The number of hydrogen-bond acceptors (Lipinski definition) is 4. The highest BCUT2D eigenvalue weighted by atomic mass is 32.2. The molecule has 0 atom stereocenters. The van der Waals surface area contributed by atoms with Gasteiger partial charge in [-0.05, 0) is 24.3 Å². The Kier molecular flexibility index (Phi) is 3.88. The molecule has 0 radical (unpaired) electrons. The quantitative estimate of drug-likeness (QED) is 0.845. The van der Waals surface area contributed by atoms with E-state index in [1.807, 2.05) is 0 Å². The molecule has 94 valence electrons. The molecule has 1 aliphatic rings. The Hall–Kier alpha value is -1.53. The highest BCUT2D eigenvalue weighted by molar-refractivity contribution is 8.25. The van der Waals surface area contributed by atoms with Gasteiger partial charge in [0.15, 0.2) is 0 Å². The molecule has 0 spiro atoms. The van der Waals surface area contributed by atoms with E-state index < -0.39 is 0 Å². The highest BCUT2D eigenvalue weighted by Crippen LogP contribution is 2.28. The van der Waals surface area contributed by atoms with Crippen molar-refractivity contribution in [2.75, 3.05) is 19.0 Å². The van der Waals surface area contributed by atoms with Gasteiger partial charge in [0, 0.05) is 10.6 Å². The van der Waals surface area contributed by atoms with E-state index in [9.17, 15) is 4.79 Å². The molecule has 0 unspecified atom stereocenters. The number of hydrogen-bond donors (Lipinski definition) is 1. The van der Waals surface area contributed by atoms with E-state index in [2.05, 4.69) is 11.9 Å². The maximum atomic E-state index is 12.0. The molecule has 1 fully saturated rings. The number of amides is 2. The van der Waals surface area contributed by atoms with Gasteiger partial charge < -0.3 is 10.1 Å². The van der Waals surface area contributed by atoms with Gasteiger partial charge >= 0.3 is 6.03 Å². The van der Waals surface area contributed by atoms with Crippen LogP contribution in [0.4, 0.5) is 10.5 Å². The van der Waals surface area contributed by atoms with E-state index in [-0.39, 0.29) is 6.03 Å². The fraction of sp³-hybridized carbons (Fsp3) is 0.167. The average molecular weight is 280 g/mol. The van der Waals surface area contributed by atoms with Crippen LogP contribution >= 0.6 is 24.0 Å². The van der Waals surface area contributed by atoms with Crippen LogP contribution in [0.5, 0.6) is 5.75 Å². The second-order valence-corrected chi connectivity index (χ2v) is 5.46. The van der Waals surface area contributed by atoms with Crippen LogP contribution in [0.25, 0.3) is 0 Å². The van der Waals surface area contributed by atoms with Crippen molar-refractivity contribution in [3.63, 3.8) is 0 Å². The summed E-state index contributed by atoms with van der Waals surface area (Å²) in [7, 11) is 1.60. The number of carbonyl (C=O) groups is 1. The van der Waals surface area contributed by atoms with Gasteiger partial charge in [0.25, 0.3) is 0 Å². The van der Waals surface area contributed by atoms with Crippen molar-refractivity contribution in [2.45, 2.75) is 0 Å². The number of nitrogens with zero attached hydrogens (tertiary/aromatic N) is 1. The Labute approximate surface area is 115 Å². The molecule has 0 aromatic heterocycles. The lowest BCUT2D eigenvalue weighted by atomic mass is 10.3. The summed E-state index contributed by atoms with van der Waals surface area (Å²) in [6.07, 6.45) is 0. The van der Waals surface area contributed by atoms with Gasteiger partial charge in [-0.1, -0.05) is 30.6 Å². The molecule has 0 saturated carbocycles. The van der Waals surface area contributed by atoms with Gasteiger partial charge in [-0.15, -0.1) is 0 Å². The van der Waals surface area contributed by atoms with Crippen LogP contribution in [-0.4, -0.2) is 28.9 Å². The van der Waals surface area contributed by atoms with Crippen molar-refractivity contribution in [1.29, 1.82) is 0 Å². The number of benzene rings is 1. The summed E-state index contributed by atoms with van der Waals surface area (Å²) in [6.45, 7) is 4.27. The highest BCUT2D eigenvalue weighted by Gasteiger charge is 2.26. The minimum absolute atomic E-state index is 0.240. The van der Waals surface area contributed by atoms with Crippen molar-refractivity contribution in [3.8, 4) is 5.75 Å². The summed E-state index contributed by atoms with van der Waals surface area (Å²) < 4.78 is 5.58. The van der Waals surface area contributed by atoms with Gasteiger partial charge in [-0.2, -0.15) is 0 Å². The van der Waals surface area contributed by atoms with E-state index in [0.29, 0.717) is 16.6 Å². The molecular formula is C12H12N2O2S2. The number of nitrogens with one attached hydrogen (secondary N) is 1. The number of thiocarbonyl (C=S) groups is 1. The average Bonchev–Trinajstić information content (AvgIpc) is 2.69. The first-order chi connectivity index (χ1) is 8.60. The van der Waals surface area contributed by atoms with E-state index >= 15 is 0 Å². The van der Waals surface area contributed by atoms with Gasteiger partial charge in [0.2, 0.25) is 0 Å². The molecule has 1 saturated heterocycles. The minimum Gasteiger partial charge on any atom is -0.497 e. The molecule has 2 rings (SSSR count). The summed E-state index contributed by atoms with van der Waals surface area (Å²) >= 11 is 6.45. The minimum atomic E-state index is -0.240. The first-order valence-corrected chi connectivity index (χ1v) is 6.45. The maximum Gasteiger partial charge on any atom is 0.327 e. The lowest BCUT2D eigenvalue weighted by Gasteiger charge is -2.15. The smallest absolute Gasteiger partial charge is 0.327 e. The molecule has 1 heterocycles. The standard InChI is InChI=1S/C12H12N2O2S2/c1-8-7-14(12(17)18-8)11(15)13-9-3-5-10(16-2)6-4-9/h3-6H,1,7H2,2H3,(H,13,15). The summed E-state index contributed by atoms with van der Waals surface area (Å²) in [5.74, 6) is 0.744. The fourth-order valence-electron chi connectivity index (χ4n) is 1.47. The van der Waals surface area contributed by atoms with Gasteiger partial charge in [0.05, 0.1) is 13.7 Å². The van der Waals surface area contributed by atoms with Crippen molar-refractivity contribution in [3.05, 3.63) is 35.7 Å². The number of anilines is 1. The summed E-state index contributed by atoms with van der Waals surface area (Å²) in [6, 6.07) is 6.88. The number of methoxy groups -OCH3 is 1. The lowest BCUT2D eigenvalue weighted by molar-refractivity contribution is 0.238. The third-order valence-electron chi connectivity index (χ3n) is 2.37. The number of thioether (sulfide) groups is 1. The zero-order valence-electron chi connectivity index (χ0n) is 9.80. The van der Waals surface area contributed by atoms with Crippen molar-refractivity contribution in [1.82, 2.24) is 4.90 Å². The zero-order chi connectivity index (χ0) is 13.1. The molecule has 6 heteroatoms. The Balaban J connectivity index is 2.02. The summed E-state index contributed by atoms with van der Waals surface area (Å²) in [4.78, 5) is 14.3. The predicted octanol–water partition coefficient (Wildman–Crippen LogP) is 3.07. The second-order valence-electron chi connectivity index (χ2n) is 3.65. The monoisotopic (exact) mass is 280 g/mol. The van der Waals surface area contributed by atoms with E-state index in [0.717, 1.165) is 10.7 Å². The molecule has 1 aliphatic heterocycles. The number of rotatable bonds is 2. The molecule has 18 heavy (non-hydrogen) atoms. The molecular weight excluding hydrogens is 268 g/mol. The van der Waals surface area contributed by atoms with E-state index in [1.165, 1.54) is 16.7 Å². The third-order valence-corrected chi connectivity index (χ3v) is 3.66. The Morgan fingerprint density at radius 1 is 1.50 bits per heavy atom. The number of carbonyl (C=O) groups excluding carboxylic acids is 1. The number of ether oxygens (including phenoxy) is 1. The van der Waals surface area contributed by atoms with E-state index in [1.54, 1.807) is 31.4 Å². The molecule has 1 aromatic carbocycles. The van der Waals surface area contributed by atoms with Crippen LogP contribution in [0.2, 0.25) is 0 Å².